The molecule has 104 valence electrons. The van der Waals surface area contributed by atoms with E-state index < -0.39 is 5.97 Å². The molecule has 1 aromatic carbocycles. The molecule has 0 aliphatic carbocycles. The molecule has 6 nitrogen and oxygen atoms in total. The average molecular weight is 266 g/mol. The topological polar surface area (TPSA) is 78.9 Å². The molecule has 1 amide bonds. The Morgan fingerprint density at radius 2 is 1.95 bits per heavy atom. The Morgan fingerprint density at radius 3 is 2.47 bits per heavy atom. The summed E-state index contributed by atoms with van der Waals surface area (Å²) in [5.74, 6) is -1.08. The number of benzene rings is 1. The molecule has 2 N–H and O–H groups in total. The first-order chi connectivity index (χ1) is 9.04. The van der Waals surface area contributed by atoms with Gasteiger partial charge in [-0.15, -0.1) is 0 Å². The second kappa shape index (κ2) is 7.38. The molecule has 1 aromatic rings. The highest BCUT2D eigenvalue weighted by molar-refractivity contribution is 5.88. The molecule has 0 bridgehead atoms. The average Bonchev–Trinajstić information content (AvgIpc) is 2.39. The Bertz CT molecular complexity index is 431. The van der Waals surface area contributed by atoms with Gasteiger partial charge in [0.1, 0.15) is 0 Å². The highest BCUT2D eigenvalue weighted by Gasteiger charge is 2.08. The molecule has 0 heterocycles. The normalized spacial score (nSPS) is 10.0. The molecule has 0 atom stereocenters. The number of nitrogens with zero attached hydrogens (tertiary/aromatic N) is 1. The number of carbonyl (C=O) groups is 2. The lowest BCUT2D eigenvalue weighted by Crippen LogP contribution is -2.36. The van der Waals surface area contributed by atoms with Gasteiger partial charge in [0.2, 0.25) is 5.91 Å². The molecule has 6 heteroatoms. The van der Waals surface area contributed by atoms with E-state index in [-0.39, 0.29) is 18.0 Å². The Kier molecular flexibility index (Phi) is 5.81. The second-order valence-electron chi connectivity index (χ2n) is 4.05. The molecular formula is C13H18N2O4. The van der Waals surface area contributed by atoms with Gasteiger partial charge in [-0.3, -0.25) is 4.79 Å². The van der Waals surface area contributed by atoms with Gasteiger partial charge in [-0.1, -0.05) is 0 Å². The first-order valence-electron chi connectivity index (χ1n) is 5.84. The van der Waals surface area contributed by atoms with Crippen molar-refractivity contribution in [2.24, 2.45) is 0 Å². The molecule has 1 rings (SSSR count). The van der Waals surface area contributed by atoms with E-state index in [0.29, 0.717) is 13.2 Å². The molecule has 0 aliphatic rings. The van der Waals surface area contributed by atoms with Crippen LogP contribution in [0, 0.1) is 0 Å². The smallest absolute Gasteiger partial charge is 0.335 e. The van der Waals surface area contributed by atoms with Gasteiger partial charge in [-0.25, -0.2) is 4.79 Å². The fourth-order valence-electron chi connectivity index (χ4n) is 1.51. The third-order valence-corrected chi connectivity index (χ3v) is 2.56. The molecule has 0 radical (unpaired) electrons. The highest BCUT2D eigenvalue weighted by Crippen LogP contribution is 2.13. The Balaban J connectivity index is 2.50. The van der Waals surface area contributed by atoms with Crippen molar-refractivity contribution in [1.82, 2.24) is 5.32 Å². The quantitative estimate of drug-likeness (QED) is 0.706. The van der Waals surface area contributed by atoms with E-state index in [2.05, 4.69) is 5.32 Å². The van der Waals surface area contributed by atoms with E-state index in [1.54, 1.807) is 31.2 Å². The largest absolute Gasteiger partial charge is 0.478 e. The molecule has 0 aliphatic heterocycles. The fraction of sp³-hybridized carbons (Fsp3) is 0.385. The lowest BCUT2D eigenvalue weighted by molar-refractivity contribution is -0.119. The van der Waals surface area contributed by atoms with Crippen molar-refractivity contribution in [3.8, 4) is 0 Å². The lowest BCUT2D eigenvalue weighted by atomic mass is 10.2. The number of methoxy groups -OCH3 is 1. The van der Waals surface area contributed by atoms with Crippen LogP contribution in [0.5, 0.6) is 0 Å². The van der Waals surface area contributed by atoms with Gasteiger partial charge in [-0.05, 0) is 24.3 Å². The van der Waals surface area contributed by atoms with Gasteiger partial charge < -0.3 is 20.1 Å². The number of hydrogen-bond acceptors (Lipinski definition) is 4. The zero-order valence-electron chi connectivity index (χ0n) is 11.0. The number of carboxylic acids is 1. The molecular weight excluding hydrogens is 248 g/mol. The van der Waals surface area contributed by atoms with Crippen LogP contribution in [0.15, 0.2) is 24.3 Å². The monoisotopic (exact) mass is 266 g/mol. The van der Waals surface area contributed by atoms with Crippen LogP contribution in [0.1, 0.15) is 10.4 Å². The van der Waals surface area contributed by atoms with Gasteiger partial charge in [0.15, 0.2) is 0 Å². The predicted octanol–water partition coefficient (Wildman–Crippen LogP) is 0.584. The van der Waals surface area contributed by atoms with E-state index in [4.69, 9.17) is 9.84 Å². The molecule has 0 fully saturated rings. The maximum absolute atomic E-state index is 11.6. The van der Waals surface area contributed by atoms with Gasteiger partial charge >= 0.3 is 5.97 Å². The number of likely N-dealkylation sites (N-methyl/N-ethyl adjacent to an activating group) is 1. The van der Waals surface area contributed by atoms with E-state index in [9.17, 15) is 9.59 Å². The maximum atomic E-state index is 11.6. The van der Waals surface area contributed by atoms with Gasteiger partial charge in [0, 0.05) is 26.4 Å². The van der Waals surface area contributed by atoms with Crippen LogP contribution in [-0.2, 0) is 9.53 Å². The predicted molar refractivity (Wildman–Crippen MR) is 71.6 cm³/mol. The lowest BCUT2D eigenvalue weighted by Gasteiger charge is -2.18. The van der Waals surface area contributed by atoms with Crippen molar-refractivity contribution in [2.75, 3.05) is 38.8 Å². The number of hydrogen-bond donors (Lipinski definition) is 2. The van der Waals surface area contributed by atoms with E-state index in [1.807, 2.05) is 0 Å². The Labute approximate surface area is 112 Å². The van der Waals surface area contributed by atoms with Crippen molar-refractivity contribution in [3.05, 3.63) is 29.8 Å². The summed E-state index contributed by atoms with van der Waals surface area (Å²) < 4.78 is 4.83. The number of aromatic carboxylic acids is 1. The third kappa shape index (κ3) is 4.97. The summed E-state index contributed by atoms with van der Waals surface area (Å²) >= 11 is 0. The number of nitrogens with one attached hydrogen (secondary N) is 1. The summed E-state index contributed by atoms with van der Waals surface area (Å²) in [5.41, 5.74) is 1.01. The molecule has 0 saturated carbocycles. The summed E-state index contributed by atoms with van der Waals surface area (Å²) in [6, 6.07) is 6.37. The first-order valence-corrected chi connectivity index (χ1v) is 5.84. The molecule has 0 aromatic heterocycles. The third-order valence-electron chi connectivity index (χ3n) is 2.56. The van der Waals surface area contributed by atoms with Crippen LogP contribution in [0.25, 0.3) is 0 Å². The van der Waals surface area contributed by atoms with Crippen LogP contribution in [0.3, 0.4) is 0 Å². The number of carboxylic acid groups (broad SMARTS) is 1. The number of amides is 1. The molecule has 0 saturated heterocycles. The summed E-state index contributed by atoms with van der Waals surface area (Å²) in [4.78, 5) is 24.0. The van der Waals surface area contributed by atoms with Crippen LogP contribution >= 0.6 is 0 Å². The zero-order chi connectivity index (χ0) is 14.3. The number of ether oxygens (including phenoxy) is 1. The van der Waals surface area contributed by atoms with E-state index in [0.717, 1.165) is 5.69 Å². The number of carbonyl (C=O) groups excluding carboxylic acids is 1. The second-order valence-corrected chi connectivity index (χ2v) is 4.05. The zero-order valence-corrected chi connectivity index (χ0v) is 11.0. The Morgan fingerprint density at radius 1 is 1.32 bits per heavy atom. The van der Waals surface area contributed by atoms with Gasteiger partial charge in [-0.2, -0.15) is 0 Å². The SMILES string of the molecule is COCCNC(=O)CN(C)c1ccc(C(=O)O)cc1. The van der Waals surface area contributed by atoms with Gasteiger partial charge in [0.25, 0.3) is 0 Å². The van der Waals surface area contributed by atoms with E-state index in [1.165, 1.54) is 12.1 Å². The summed E-state index contributed by atoms with van der Waals surface area (Å²) in [7, 11) is 3.34. The van der Waals surface area contributed by atoms with Crippen LogP contribution in [0.2, 0.25) is 0 Å². The van der Waals surface area contributed by atoms with Crippen molar-refractivity contribution in [2.45, 2.75) is 0 Å². The maximum Gasteiger partial charge on any atom is 0.335 e. The van der Waals surface area contributed by atoms with Crippen molar-refractivity contribution >= 4 is 17.6 Å². The first kappa shape index (κ1) is 15.0. The van der Waals surface area contributed by atoms with Crippen molar-refractivity contribution < 1.29 is 19.4 Å². The van der Waals surface area contributed by atoms with E-state index >= 15 is 0 Å². The minimum Gasteiger partial charge on any atom is -0.478 e. The molecule has 0 unspecified atom stereocenters. The fourth-order valence-corrected chi connectivity index (χ4v) is 1.51. The number of anilines is 1. The minimum absolute atomic E-state index is 0.109. The standard InChI is InChI=1S/C13H18N2O4/c1-15(9-12(16)14-7-8-19-2)11-5-3-10(4-6-11)13(17)18/h3-6H,7-9H2,1-2H3,(H,14,16)(H,17,18). The summed E-state index contributed by atoms with van der Waals surface area (Å²) in [6.07, 6.45) is 0. The minimum atomic E-state index is -0.966. The molecule has 0 spiro atoms. The van der Waals surface area contributed by atoms with Crippen LogP contribution in [0.4, 0.5) is 5.69 Å². The van der Waals surface area contributed by atoms with Crippen LogP contribution in [-0.4, -0.2) is 50.8 Å². The van der Waals surface area contributed by atoms with Crippen LogP contribution < -0.4 is 10.2 Å². The highest BCUT2D eigenvalue weighted by atomic mass is 16.5. The number of rotatable bonds is 7. The summed E-state index contributed by atoms with van der Waals surface area (Å²) in [5, 5.41) is 11.5. The van der Waals surface area contributed by atoms with Crippen molar-refractivity contribution in [1.29, 1.82) is 0 Å². The van der Waals surface area contributed by atoms with Gasteiger partial charge in [0.05, 0.1) is 18.7 Å². The molecule has 19 heavy (non-hydrogen) atoms. The summed E-state index contributed by atoms with van der Waals surface area (Å²) in [6.45, 7) is 1.15. The van der Waals surface area contributed by atoms with Crippen molar-refractivity contribution in [3.63, 3.8) is 0 Å². The Hall–Kier alpha value is -2.08.